The summed E-state index contributed by atoms with van der Waals surface area (Å²) in [5, 5.41) is 0. The molecule has 20 heavy (non-hydrogen) atoms. The minimum absolute atomic E-state index is 0.791. The molecule has 0 bridgehead atoms. The number of piperidine rings is 1. The quantitative estimate of drug-likeness (QED) is 0.824. The molecule has 0 spiro atoms. The van der Waals surface area contributed by atoms with Gasteiger partial charge in [-0.2, -0.15) is 4.98 Å². The fourth-order valence-corrected chi connectivity index (χ4v) is 2.84. The van der Waals surface area contributed by atoms with Crippen LogP contribution in [0.25, 0.3) is 0 Å². The molecule has 2 aliphatic heterocycles. The molecule has 5 heteroatoms. The van der Waals surface area contributed by atoms with Crippen LogP contribution in [-0.4, -0.2) is 49.4 Å². The zero-order valence-corrected chi connectivity index (χ0v) is 12.5. The number of nitrogens with zero attached hydrogens (tertiary/aromatic N) is 4. The van der Waals surface area contributed by atoms with E-state index in [0.29, 0.717) is 0 Å². The Morgan fingerprint density at radius 2 is 1.75 bits per heavy atom. The van der Waals surface area contributed by atoms with Crippen LogP contribution in [0, 0.1) is 12.8 Å². The molecular formula is C15H24N4O. The van der Waals surface area contributed by atoms with Crippen LogP contribution in [0.1, 0.15) is 25.5 Å². The third-order valence-electron chi connectivity index (χ3n) is 4.23. The first-order chi connectivity index (χ1) is 9.72. The predicted molar refractivity (Wildman–Crippen MR) is 80.4 cm³/mol. The van der Waals surface area contributed by atoms with Gasteiger partial charge in [0.1, 0.15) is 5.82 Å². The second-order valence-electron chi connectivity index (χ2n) is 5.94. The van der Waals surface area contributed by atoms with E-state index in [1.165, 1.54) is 12.8 Å². The topological polar surface area (TPSA) is 41.5 Å². The summed E-state index contributed by atoms with van der Waals surface area (Å²) in [4.78, 5) is 14.1. The molecule has 110 valence electrons. The molecule has 3 rings (SSSR count). The molecule has 1 aromatic rings. The summed E-state index contributed by atoms with van der Waals surface area (Å²) in [6.07, 6.45) is 2.48. The van der Waals surface area contributed by atoms with Crippen LogP contribution < -0.4 is 9.80 Å². The highest BCUT2D eigenvalue weighted by Gasteiger charge is 2.20. The lowest BCUT2D eigenvalue weighted by Gasteiger charge is -2.32. The van der Waals surface area contributed by atoms with Crippen LogP contribution in [0.5, 0.6) is 0 Å². The van der Waals surface area contributed by atoms with Crippen molar-refractivity contribution in [2.24, 2.45) is 5.92 Å². The summed E-state index contributed by atoms with van der Waals surface area (Å²) in [7, 11) is 0. The fraction of sp³-hybridized carbons (Fsp3) is 0.733. The van der Waals surface area contributed by atoms with E-state index < -0.39 is 0 Å². The number of rotatable bonds is 2. The van der Waals surface area contributed by atoms with Gasteiger partial charge in [-0.3, -0.25) is 0 Å². The van der Waals surface area contributed by atoms with Crippen LogP contribution in [0.3, 0.4) is 0 Å². The molecule has 0 aromatic carbocycles. The highest BCUT2D eigenvalue weighted by Crippen LogP contribution is 2.23. The lowest BCUT2D eigenvalue weighted by Crippen LogP contribution is -2.38. The maximum atomic E-state index is 5.41. The molecule has 2 fully saturated rings. The summed E-state index contributed by atoms with van der Waals surface area (Å²) in [5.74, 6) is 2.78. The molecule has 0 saturated carbocycles. The van der Waals surface area contributed by atoms with Crippen LogP contribution in [-0.2, 0) is 4.74 Å². The number of anilines is 2. The predicted octanol–water partition coefficient (Wildman–Crippen LogP) is 1.86. The van der Waals surface area contributed by atoms with Gasteiger partial charge >= 0.3 is 0 Å². The zero-order valence-electron chi connectivity index (χ0n) is 12.5. The van der Waals surface area contributed by atoms with Gasteiger partial charge in [0.2, 0.25) is 5.95 Å². The molecule has 2 saturated heterocycles. The Morgan fingerprint density at radius 3 is 2.45 bits per heavy atom. The molecule has 2 aliphatic rings. The molecule has 0 N–H and O–H groups in total. The maximum absolute atomic E-state index is 5.41. The van der Waals surface area contributed by atoms with Crippen LogP contribution in [0.2, 0.25) is 0 Å². The van der Waals surface area contributed by atoms with Crippen LogP contribution in [0.15, 0.2) is 6.07 Å². The second kappa shape index (κ2) is 5.95. The van der Waals surface area contributed by atoms with Gasteiger partial charge in [0, 0.05) is 37.9 Å². The first kappa shape index (κ1) is 13.6. The highest BCUT2D eigenvalue weighted by molar-refractivity contribution is 5.46. The first-order valence-electron chi connectivity index (χ1n) is 7.66. The SMILES string of the molecule is Cc1cc(N2CCOCC2)nc(N2CCC(C)CC2)n1. The summed E-state index contributed by atoms with van der Waals surface area (Å²) < 4.78 is 5.41. The Balaban J connectivity index is 1.79. The molecule has 3 heterocycles. The van der Waals surface area contributed by atoms with Crippen molar-refractivity contribution >= 4 is 11.8 Å². The number of ether oxygens (including phenoxy) is 1. The lowest BCUT2D eigenvalue weighted by atomic mass is 10.00. The van der Waals surface area contributed by atoms with E-state index in [2.05, 4.69) is 34.7 Å². The second-order valence-corrected chi connectivity index (χ2v) is 5.94. The van der Waals surface area contributed by atoms with Gasteiger partial charge in [-0.15, -0.1) is 0 Å². The van der Waals surface area contributed by atoms with Gasteiger partial charge in [0.05, 0.1) is 13.2 Å². The molecule has 0 unspecified atom stereocenters. The monoisotopic (exact) mass is 276 g/mol. The van der Waals surface area contributed by atoms with Crippen LogP contribution >= 0.6 is 0 Å². The van der Waals surface area contributed by atoms with E-state index in [-0.39, 0.29) is 0 Å². The maximum Gasteiger partial charge on any atom is 0.227 e. The minimum Gasteiger partial charge on any atom is -0.378 e. The molecule has 0 amide bonds. The van der Waals surface area contributed by atoms with Gasteiger partial charge in [0.15, 0.2) is 0 Å². The van der Waals surface area contributed by atoms with Crippen molar-refractivity contribution < 1.29 is 4.74 Å². The molecule has 1 aromatic heterocycles. The van der Waals surface area contributed by atoms with Gasteiger partial charge < -0.3 is 14.5 Å². The van der Waals surface area contributed by atoms with Crippen LogP contribution in [0.4, 0.5) is 11.8 Å². The standard InChI is InChI=1S/C15H24N4O/c1-12-3-5-19(6-4-12)15-16-13(2)11-14(17-15)18-7-9-20-10-8-18/h11-12H,3-10H2,1-2H3. The Kier molecular flexibility index (Phi) is 4.05. The van der Waals surface area contributed by atoms with Crippen molar-refractivity contribution in [1.82, 2.24) is 9.97 Å². The van der Waals surface area contributed by atoms with E-state index >= 15 is 0 Å². The van der Waals surface area contributed by atoms with E-state index in [1.807, 2.05) is 0 Å². The van der Waals surface area contributed by atoms with Gasteiger partial charge in [-0.25, -0.2) is 4.98 Å². The van der Waals surface area contributed by atoms with E-state index in [1.54, 1.807) is 0 Å². The first-order valence-corrected chi connectivity index (χ1v) is 7.66. The molecule has 5 nitrogen and oxygen atoms in total. The Bertz CT molecular complexity index is 451. The normalized spacial score (nSPS) is 21.3. The summed E-state index contributed by atoms with van der Waals surface area (Å²) >= 11 is 0. The third-order valence-corrected chi connectivity index (χ3v) is 4.23. The molecule has 0 radical (unpaired) electrons. The molecular weight excluding hydrogens is 252 g/mol. The van der Waals surface area contributed by atoms with Gasteiger partial charge in [-0.05, 0) is 25.7 Å². The number of hydrogen-bond acceptors (Lipinski definition) is 5. The third kappa shape index (κ3) is 3.03. The average Bonchev–Trinajstić information content (AvgIpc) is 2.48. The van der Waals surface area contributed by atoms with E-state index in [4.69, 9.17) is 9.72 Å². The van der Waals surface area contributed by atoms with Crippen molar-refractivity contribution in [1.29, 1.82) is 0 Å². The molecule has 0 atom stereocenters. The minimum atomic E-state index is 0.791. The fourth-order valence-electron chi connectivity index (χ4n) is 2.84. The Morgan fingerprint density at radius 1 is 1.05 bits per heavy atom. The zero-order chi connectivity index (χ0) is 13.9. The van der Waals surface area contributed by atoms with Gasteiger partial charge in [0.25, 0.3) is 0 Å². The smallest absolute Gasteiger partial charge is 0.227 e. The van der Waals surface area contributed by atoms with Crippen molar-refractivity contribution in [2.45, 2.75) is 26.7 Å². The van der Waals surface area contributed by atoms with Gasteiger partial charge in [-0.1, -0.05) is 6.92 Å². The number of hydrogen-bond donors (Lipinski definition) is 0. The molecule has 0 aliphatic carbocycles. The summed E-state index contributed by atoms with van der Waals surface area (Å²) in [6.45, 7) is 9.97. The average molecular weight is 276 g/mol. The van der Waals surface area contributed by atoms with Crippen molar-refractivity contribution in [3.05, 3.63) is 11.8 Å². The van der Waals surface area contributed by atoms with E-state index in [9.17, 15) is 0 Å². The number of aryl methyl sites for hydroxylation is 1. The number of morpholine rings is 1. The summed E-state index contributed by atoms with van der Waals surface area (Å²) in [6, 6.07) is 2.08. The largest absolute Gasteiger partial charge is 0.378 e. The van der Waals surface area contributed by atoms with Crippen molar-refractivity contribution in [2.75, 3.05) is 49.2 Å². The van der Waals surface area contributed by atoms with Crippen molar-refractivity contribution in [3.63, 3.8) is 0 Å². The lowest BCUT2D eigenvalue weighted by molar-refractivity contribution is 0.122. The Labute approximate surface area is 121 Å². The number of aromatic nitrogens is 2. The highest BCUT2D eigenvalue weighted by atomic mass is 16.5. The van der Waals surface area contributed by atoms with E-state index in [0.717, 1.165) is 62.8 Å². The van der Waals surface area contributed by atoms with Crippen molar-refractivity contribution in [3.8, 4) is 0 Å². The summed E-state index contributed by atoms with van der Waals surface area (Å²) in [5.41, 5.74) is 1.05. The Hall–Kier alpha value is -1.36.